The zero-order chi connectivity index (χ0) is 17.8. The van der Waals surface area contributed by atoms with Crippen molar-refractivity contribution in [2.45, 2.75) is 17.5 Å². The molecule has 26 heavy (non-hydrogen) atoms. The number of para-hydroxylation sites is 2. The van der Waals surface area contributed by atoms with Crippen molar-refractivity contribution in [3.63, 3.8) is 0 Å². The predicted molar refractivity (Wildman–Crippen MR) is 103 cm³/mol. The van der Waals surface area contributed by atoms with Gasteiger partial charge in [0.2, 0.25) is 0 Å². The molecule has 0 bridgehead atoms. The van der Waals surface area contributed by atoms with Gasteiger partial charge in [0.05, 0.1) is 23.4 Å². The van der Waals surface area contributed by atoms with Crippen LogP contribution in [-0.2, 0) is 17.0 Å². The van der Waals surface area contributed by atoms with Crippen LogP contribution in [0.3, 0.4) is 0 Å². The van der Waals surface area contributed by atoms with Gasteiger partial charge in [0, 0.05) is 25.3 Å². The molecule has 2 aromatic heterocycles. The molecule has 0 saturated heterocycles. The van der Waals surface area contributed by atoms with E-state index in [0.29, 0.717) is 12.4 Å². The van der Waals surface area contributed by atoms with Gasteiger partial charge < -0.3 is 13.8 Å². The molecule has 5 nitrogen and oxygen atoms in total. The third-order valence-electron chi connectivity index (χ3n) is 4.11. The Kier molecular flexibility index (Phi) is 5.04. The maximum atomic E-state index is 5.50. The van der Waals surface area contributed by atoms with Crippen LogP contribution in [0.1, 0.15) is 5.76 Å². The molecular weight excluding hydrogens is 346 g/mol. The first-order valence-corrected chi connectivity index (χ1v) is 9.42. The quantitative estimate of drug-likeness (QED) is 0.447. The number of hydrogen-bond acceptors (Lipinski definition) is 5. The molecule has 6 heteroatoms. The van der Waals surface area contributed by atoms with E-state index in [1.807, 2.05) is 54.6 Å². The number of benzene rings is 2. The van der Waals surface area contributed by atoms with Crippen molar-refractivity contribution in [3.8, 4) is 11.3 Å². The predicted octanol–water partition coefficient (Wildman–Crippen LogP) is 4.63. The number of hydrogen-bond donors (Lipinski definition) is 0. The van der Waals surface area contributed by atoms with Gasteiger partial charge in [0.25, 0.3) is 0 Å². The van der Waals surface area contributed by atoms with Crippen LogP contribution in [0, 0.1) is 0 Å². The lowest BCUT2D eigenvalue weighted by Crippen LogP contribution is -2.05. The van der Waals surface area contributed by atoms with Crippen LogP contribution in [0.25, 0.3) is 22.3 Å². The molecule has 0 atom stereocenters. The summed E-state index contributed by atoms with van der Waals surface area (Å²) in [5.74, 6) is 1.51. The van der Waals surface area contributed by atoms with Gasteiger partial charge in [0.15, 0.2) is 5.16 Å². The lowest BCUT2D eigenvalue weighted by atomic mass is 10.1. The highest BCUT2D eigenvalue weighted by Gasteiger charge is 2.13. The summed E-state index contributed by atoms with van der Waals surface area (Å²) in [7, 11) is 1.71. The Morgan fingerprint density at radius 2 is 1.88 bits per heavy atom. The fraction of sp³-hybridized carbons (Fsp3) is 0.200. The summed E-state index contributed by atoms with van der Waals surface area (Å²) < 4.78 is 12.9. The van der Waals surface area contributed by atoms with Gasteiger partial charge in [-0.3, -0.25) is 0 Å². The minimum atomic E-state index is 0.647. The minimum Gasteiger partial charge on any atom is -0.383 e. The molecule has 0 radical (unpaired) electrons. The van der Waals surface area contributed by atoms with Crippen LogP contribution >= 0.6 is 11.8 Å². The molecule has 0 N–H and O–H groups in total. The Balaban J connectivity index is 1.54. The molecule has 0 saturated carbocycles. The second-order valence-electron chi connectivity index (χ2n) is 5.86. The van der Waals surface area contributed by atoms with Gasteiger partial charge in [-0.05, 0) is 12.1 Å². The smallest absolute Gasteiger partial charge is 0.169 e. The number of thioether (sulfide) groups is 1. The molecule has 0 aliphatic carbocycles. The van der Waals surface area contributed by atoms with E-state index < -0.39 is 0 Å². The van der Waals surface area contributed by atoms with Gasteiger partial charge in [0.1, 0.15) is 11.5 Å². The highest BCUT2D eigenvalue weighted by molar-refractivity contribution is 7.98. The Hall–Kier alpha value is -2.57. The molecule has 132 valence electrons. The molecule has 2 aromatic carbocycles. The highest BCUT2D eigenvalue weighted by atomic mass is 32.2. The van der Waals surface area contributed by atoms with Gasteiger partial charge in [-0.15, -0.1) is 0 Å². The van der Waals surface area contributed by atoms with Crippen molar-refractivity contribution < 1.29 is 9.26 Å². The summed E-state index contributed by atoms with van der Waals surface area (Å²) >= 11 is 1.65. The fourth-order valence-corrected chi connectivity index (χ4v) is 3.74. The first-order chi connectivity index (χ1) is 12.8. The van der Waals surface area contributed by atoms with Gasteiger partial charge in [-0.25, -0.2) is 4.98 Å². The Morgan fingerprint density at radius 1 is 1.08 bits per heavy atom. The second kappa shape index (κ2) is 7.76. The largest absolute Gasteiger partial charge is 0.383 e. The lowest BCUT2D eigenvalue weighted by Gasteiger charge is -2.07. The van der Waals surface area contributed by atoms with E-state index in [9.17, 15) is 0 Å². The molecule has 0 spiro atoms. The van der Waals surface area contributed by atoms with Crippen LogP contribution < -0.4 is 0 Å². The molecule has 4 aromatic rings. The van der Waals surface area contributed by atoms with E-state index in [-0.39, 0.29) is 0 Å². The van der Waals surface area contributed by atoms with Crippen molar-refractivity contribution in [1.29, 1.82) is 0 Å². The number of imidazole rings is 1. The summed E-state index contributed by atoms with van der Waals surface area (Å²) in [4.78, 5) is 4.75. The summed E-state index contributed by atoms with van der Waals surface area (Å²) in [5.41, 5.74) is 4.03. The topological polar surface area (TPSA) is 53.1 Å². The maximum absolute atomic E-state index is 5.50. The summed E-state index contributed by atoms with van der Waals surface area (Å²) in [6, 6.07) is 20.2. The van der Waals surface area contributed by atoms with Crippen molar-refractivity contribution in [2.75, 3.05) is 13.7 Å². The zero-order valence-corrected chi connectivity index (χ0v) is 15.3. The molecule has 0 fully saturated rings. The molecular formula is C20H19N3O2S. The van der Waals surface area contributed by atoms with E-state index in [0.717, 1.165) is 39.8 Å². The van der Waals surface area contributed by atoms with Crippen LogP contribution in [0.15, 0.2) is 70.3 Å². The summed E-state index contributed by atoms with van der Waals surface area (Å²) in [6.45, 7) is 1.42. The third kappa shape index (κ3) is 3.52. The molecule has 0 unspecified atom stereocenters. The fourth-order valence-electron chi connectivity index (χ4n) is 2.82. The van der Waals surface area contributed by atoms with E-state index in [2.05, 4.69) is 15.8 Å². The monoisotopic (exact) mass is 365 g/mol. The van der Waals surface area contributed by atoms with Crippen molar-refractivity contribution >= 4 is 22.8 Å². The molecule has 0 aliphatic heterocycles. The number of nitrogens with zero attached hydrogens (tertiary/aromatic N) is 3. The summed E-state index contributed by atoms with van der Waals surface area (Å²) in [5, 5.41) is 5.14. The molecule has 0 amide bonds. The Labute approximate surface area is 156 Å². The Bertz CT molecular complexity index is 995. The minimum absolute atomic E-state index is 0.647. The van der Waals surface area contributed by atoms with E-state index >= 15 is 0 Å². The van der Waals surface area contributed by atoms with Gasteiger partial charge in [-0.2, -0.15) is 0 Å². The maximum Gasteiger partial charge on any atom is 0.169 e. The number of aromatic nitrogens is 3. The lowest BCUT2D eigenvalue weighted by molar-refractivity contribution is 0.186. The van der Waals surface area contributed by atoms with E-state index in [4.69, 9.17) is 14.2 Å². The highest BCUT2D eigenvalue weighted by Crippen LogP contribution is 2.28. The zero-order valence-electron chi connectivity index (χ0n) is 14.5. The van der Waals surface area contributed by atoms with Crippen molar-refractivity contribution in [1.82, 2.24) is 14.7 Å². The van der Waals surface area contributed by atoms with Crippen LogP contribution in [0.2, 0.25) is 0 Å². The van der Waals surface area contributed by atoms with Gasteiger partial charge in [-0.1, -0.05) is 59.4 Å². The average Bonchev–Trinajstić information content (AvgIpc) is 3.30. The van der Waals surface area contributed by atoms with Gasteiger partial charge >= 0.3 is 0 Å². The normalized spacial score (nSPS) is 11.3. The number of fused-ring (bicyclic) bond motifs is 1. The Morgan fingerprint density at radius 3 is 2.73 bits per heavy atom. The number of ether oxygens (including phenoxy) is 1. The second-order valence-corrected chi connectivity index (χ2v) is 6.80. The van der Waals surface area contributed by atoms with Crippen LogP contribution in [-0.4, -0.2) is 28.4 Å². The van der Waals surface area contributed by atoms with E-state index in [1.54, 1.807) is 18.9 Å². The molecule has 4 rings (SSSR count). The summed E-state index contributed by atoms with van der Waals surface area (Å²) in [6.07, 6.45) is 0. The third-order valence-corrected chi connectivity index (χ3v) is 5.11. The first-order valence-electron chi connectivity index (χ1n) is 8.43. The standard InChI is InChI=1S/C20H19N3O2S/c1-24-12-11-23-19-10-6-5-9-17(19)21-20(23)26-14-16-13-18(22-25-16)15-7-3-2-4-8-15/h2-10,13H,11-12,14H2,1H3. The number of methoxy groups -OCH3 is 1. The van der Waals surface area contributed by atoms with Crippen molar-refractivity contribution in [3.05, 3.63) is 66.4 Å². The molecule has 0 aliphatic rings. The van der Waals surface area contributed by atoms with Crippen LogP contribution in [0.4, 0.5) is 0 Å². The number of rotatable bonds is 7. The molecule has 2 heterocycles. The van der Waals surface area contributed by atoms with Crippen molar-refractivity contribution in [2.24, 2.45) is 0 Å². The first kappa shape index (κ1) is 16.9. The van der Waals surface area contributed by atoms with Crippen LogP contribution in [0.5, 0.6) is 0 Å². The average molecular weight is 365 g/mol. The SMILES string of the molecule is COCCn1c(SCc2cc(-c3ccccc3)no2)nc2ccccc21. The van der Waals surface area contributed by atoms with E-state index in [1.165, 1.54) is 0 Å².